The highest BCUT2D eigenvalue weighted by Gasteiger charge is 2.54. The second-order valence-corrected chi connectivity index (χ2v) is 9.82. The summed E-state index contributed by atoms with van der Waals surface area (Å²) in [7, 11) is 0. The fraction of sp³-hybridized carbons (Fsp3) is 0.458. The van der Waals surface area contributed by atoms with Gasteiger partial charge in [-0.25, -0.2) is 9.18 Å². The van der Waals surface area contributed by atoms with Crippen molar-refractivity contribution >= 4 is 34.2 Å². The Morgan fingerprint density at radius 3 is 2.44 bits per heavy atom. The van der Waals surface area contributed by atoms with E-state index in [0.29, 0.717) is 22.5 Å². The highest BCUT2D eigenvalue weighted by Crippen LogP contribution is 2.53. The maximum atomic E-state index is 13.5. The Morgan fingerprint density at radius 1 is 1.16 bits per heavy atom. The molecular weight excluding hydrogens is 433 g/mol. The molecule has 0 unspecified atom stereocenters. The minimum absolute atomic E-state index is 0.0297. The van der Waals surface area contributed by atoms with Gasteiger partial charge in [-0.05, 0) is 62.1 Å². The van der Waals surface area contributed by atoms with Gasteiger partial charge in [-0.15, -0.1) is 11.3 Å². The molecule has 6 nitrogen and oxygen atoms in total. The van der Waals surface area contributed by atoms with E-state index in [1.807, 2.05) is 13.8 Å². The van der Waals surface area contributed by atoms with Crippen LogP contribution in [0.4, 0.5) is 9.39 Å². The first-order valence-corrected chi connectivity index (χ1v) is 11.7. The zero-order valence-electron chi connectivity index (χ0n) is 18.0. The molecule has 2 bridgehead atoms. The van der Waals surface area contributed by atoms with Crippen LogP contribution in [-0.2, 0) is 14.3 Å². The van der Waals surface area contributed by atoms with Crippen LogP contribution in [0, 0.1) is 36.4 Å². The lowest BCUT2D eigenvalue weighted by Gasteiger charge is -2.27. The quantitative estimate of drug-likeness (QED) is 0.561. The number of halogens is 1. The first-order valence-electron chi connectivity index (χ1n) is 10.9. The summed E-state index contributed by atoms with van der Waals surface area (Å²) in [6.45, 7) is 3.95. The standard InChI is InChI=1S/C24H26FNO5S/c1-3-10-31-24(30)20-17(13-6-8-16(25)9-7-13)12(2)32-22(20)26-21(27)18-14-4-5-15(11-14)19(18)23(28)29/h6-9,14-15,18-19H,3-5,10-11H2,1-2H3,(H,26,27)(H,28,29)/t14-,15-,18-,19-/m0/s1. The van der Waals surface area contributed by atoms with E-state index in [9.17, 15) is 23.9 Å². The van der Waals surface area contributed by atoms with Crippen LogP contribution in [0.3, 0.4) is 0 Å². The lowest BCUT2D eigenvalue weighted by molar-refractivity contribution is -0.148. The largest absolute Gasteiger partial charge is 0.481 e. The Balaban J connectivity index is 1.69. The molecular formula is C24H26FNO5S. The van der Waals surface area contributed by atoms with Crippen LogP contribution in [0.2, 0.25) is 0 Å². The minimum atomic E-state index is -0.936. The lowest BCUT2D eigenvalue weighted by atomic mass is 9.78. The summed E-state index contributed by atoms with van der Waals surface area (Å²) < 4.78 is 18.8. The number of aliphatic carboxylic acids is 1. The number of aryl methyl sites for hydroxylation is 1. The molecule has 0 saturated heterocycles. The first-order chi connectivity index (χ1) is 15.3. The monoisotopic (exact) mass is 459 g/mol. The molecule has 2 aliphatic rings. The smallest absolute Gasteiger partial charge is 0.341 e. The van der Waals surface area contributed by atoms with Crippen molar-refractivity contribution in [3.8, 4) is 11.1 Å². The predicted octanol–water partition coefficient (Wildman–Crippen LogP) is 5.11. The third-order valence-corrected chi connectivity index (χ3v) is 7.62. The summed E-state index contributed by atoms with van der Waals surface area (Å²) in [6, 6.07) is 5.81. The van der Waals surface area contributed by atoms with Gasteiger partial charge in [0, 0.05) is 10.4 Å². The molecule has 0 spiro atoms. The number of carbonyl (C=O) groups excluding carboxylic acids is 2. The van der Waals surface area contributed by atoms with Crippen molar-refractivity contribution in [3.05, 3.63) is 40.5 Å². The fourth-order valence-electron chi connectivity index (χ4n) is 5.28. The number of thiophene rings is 1. The molecule has 2 fully saturated rings. The van der Waals surface area contributed by atoms with E-state index in [0.717, 1.165) is 24.1 Å². The molecule has 1 aromatic carbocycles. The lowest BCUT2D eigenvalue weighted by Crippen LogP contribution is -2.38. The second kappa shape index (κ2) is 9.02. The normalized spacial score (nSPS) is 23.8. The molecule has 1 heterocycles. The van der Waals surface area contributed by atoms with Crippen LogP contribution in [-0.4, -0.2) is 29.6 Å². The summed E-state index contributed by atoms with van der Waals surface area (Å²) in [5, 5.41) is 12.9. The highest BCUT2D eigenvalue weighted by atomic mass is 32.1. The number of anilines is 1. The zero-order valence-corrected chi connectivity index (χ0v) is 18.8. The number of carbonyl (C=O) groups is 3. The van der Waals surface area contributed by atoms with Gasteiger partial charge in [0.2, 0.25) is 5.91 Å². The van der Waals surface area contributed by atoms with Crippen molar-refractivity contribution in [2.75, 3.05) is 11.9 Å². The van der Waals surface area contributed by atoms with E-state index in [2.05, 4.69) is 5.32 Å². The minimum Gasteiger partial charge on any atom is -0.481 e. The Bertz CT molecular complexity index is 1050. The molecule has 8 heteroatoms. The first kappa shape index (κ1) is 22.5. The molecule has 0 radical (unpaired) electrons. The SMILES string of the molecule is CCCOC(=O)c1c(NC(=O)[C@H]2[C@H]3CC[C@@H](C3)[C@@H]2C(=O)O)sc(C)c1-c1ccc(F)cc1. The van der Waals surface area contributed by atoms with Crippen molar-refractivity contribution in [2.45, 2.75) is 39.5 Å². The number of carboxylic acids is 1. The van der Waals surface area contributed by atoms with Gasteiger partial charge in [0.25, 0.3) is 0 Å². The summed E-state index contributed by atoms with van der Waals surface area (Å²) in [4.78, 5) is 38.8. The average molecular weight is 460 g/mol. The van der Waals surface area contributed by atoms with Crippen molar-refractivity contribution < 1.29 is 28.6 Å². The summed E-state index contributed by atoms with van der Waals surface area (Å²) in [6.07, 6.45) is 3.09. The van der Waals surface area contributed by atoms with Gasteiger partial charge >= 0.3 is 11.9 Å². The molecule has 4 atom stereocenters. The fourth-order valence-corrected chi connectivity index (χ4v) is 6.34. The summed E-state index contributed by atoms with van der Waals surface area (Å²) in [5.74, 6) is -3.47. The van der Waals surface area contributed by atoms with E-state index in [-0.39, 0.29) is 35.7 Å². The number of carboxylic acid groups (broad SMARTS) is 1. The van der Waals surface area contributed by atoms with Crippen LogP contribution >= 0.6 is 11.3 Å². The van der Waals surface area contributed by atoms with Crippen LogP contribution in [0.15, 0.2) is 24.3 Å². The predicted molar refractivity (Wildman–Crippen MR) is 119 cm³/mol. The maximum absolute atomic E-state index is 13.5. The van der Waals surface area contributed by atoms with E-state index in [1.54, 1.807) is 12.1 Å². The van der Waals surface area contributed by atoms with Gasteiger partial charge < -0.3 is 15.2 Å². The van der Waals surface area contributed by atoms with Gasteiger partial charge in [0.1, 0.15) is 16.4 Å². The Hall–Kier alpha value is -2.74. The number of rotatable bonds is 7. The number of esters is 1. The molecule has 1 amide bonds. The molecule has 2 aromatic rings. The number of nitrogens with one attached hydrogen (secondary N) is 1. The third-order valence-electron chi connectivity index (χ3n) is 6.60. The maximum Gasteiger partial charge on any atom is 0.341 e. The van der Waals surface area contributed by atoms with Crippen LogP contribution in [0.5, 0.6) is 0 Å². The number of amides is 1. The Morgan fingerprint density at radius 2 is 1.81 bits per heavy atom. The molecule has 4 rings (SSSR count). The van der Waals surface area contributed by atoms with E-state index >= 15 is 0 Å². The number of benzene rings is 1. The Labute approximate surface area is 189 Å². The van der Waals surface area contributed by atoms with Gasteiger partial charge in [0.05, 0.1) is 18.4 Å². The van der Waals surface area contributed by atoms with Crippen LogP contribution in [0.1, 0.15) is 47.8 Å². The van der Waals surface area contributed by atoms with Crippen molar-refractivity contribution in [3.63, 3.8) is 0 Å². The van der Waals surface area contributed by atoms with Gasteiger partial charge in [-0.2, -0.15) is 0 Å². The molecule has 0 aliphatic heterocycles. The summed E-state index contributed by atoms with van der Waals surface area (Å²) in [5.41, 5.74) is 1.47. The van der Waals surface area contributed by atoms with Crippen molar-refractivity contribution in [1.82, 2.24) is 0 Å². The van der Waals surface area contributed by atoms with Crippen LogP contribution in [0.25, 0.3) is 11.1 Å². The molecule has 1 aromatic heterocycles. The van der Waals surface area contributed by atoms with Crippen molar-refractivity contribution in [1.29, 1.82) is 0 Å². The highest BCUT2D eigenvalue weighted by molar-refractivity contribution is 7.17. The number of hydrogen-bond donors (Lipinski definition) is 2. The molecule has 32 heavy (non-hydrogen) atoms. The number of ether oxygens (including phenoxy) is 1. The van der Waals surface area contributed by atoms with Crippen LogP contribution < -0.4 is 5.32 Å². The van der Waals surface area contributed by atoms with E-state index in [1.165, 1.54) is 23.5 Å². The van der Waals surface area contributed by atoms with Gasteiger partial charge in [-0.1, -0.05) is 19.1 Å². The van der Waals surface area contributed by atoms with Gasteiger partial charge in [-0.3, -0.25) is 9.59 Å². The number of fused-ring (bicyclic) bond motifs is 2. The second-order valence-electron chi connectivity index (χ2n) is 8.59. The van der Waals surface area contributed by atoms with E-state index in [4.69, 9.17) is 4.74 Å². The third kappa shape index (κ3) is 4.03. The molecule has 2 N–H and O–H groups in total. The zero-order chi connectivity index (χ0) is 23.0. The molecule has 2 saturated carbocycles. The molecule has 170 valence electrons. The topological polar surface area (TPSA) is 92.7 Å². The van der Waals surface area contributed by atoms with Gasteiger partial charge in [0.15, 0.2) is 0 Å². The average Bonchev–Trinajstić information content (AvgIpc) is 3.45. The van der Waals surface area contributed by atoms with Crippen molar-refractivity contribution in [2.24, 2.45) is 23.7 Å². The molecule has 2 aliphatic carbocycles. The summed E-state index contributed by atoms with van der Waals surface area (Å²) >= 11 is 1.24. The number of hydrogen-bond acceptors (Lipinski definition) is 5. The van der Waals surface area contributed by atoms with E-state index < -0.39 is 23.8 Å². The Kier molecular flexibility index (Phi) is 6.33.